The zero-order valence-corrected chi connectivity index (χ0v) is 10.8. The van der Waals surface area contributed by atoms with Gasteiger partial charge >= 0.3 is 5.97 Å². The lowest BCUT2D eigenvalue weighted by Crippen LogP contribution is -2.52. The third-order valence-electron chi connectivity index (χ3n) is 5.35. The van der Waals surface area contributed by atoms with Gasteiger partial charge in [-0.3, -0.25) is 4.79 Å². The lowest BCUT2D eigenvalue weighted by molar-refractivity contribution is -0.185. The summed E-state index contributed by atoms with van der Waals surface area (Å²) in [6, 6.07) is 0. The van der Waals surface area contributed by atoms with E-state index in [4.69, 9.17) is 9.47 Å². The lowest BCUT2D eigenvalue weighted by Gasteiger charge is -2.51. The number of carboxylic acid groups (broad SMARTS) is 1. The van der Waals surface area contributed by atoms with E-state index in [9.17, 15) is 9.90 Å². The minimum absolute atomic E-state index is 0.0841. The standard InChI is InChI=1S/C14H22O4/c15-12(16)14(3-1-4-14)11-2-7-18-13(10-11)5-8-17-9-6-13/h11H,1-10H2,(H,15,16). The second-order valence-electron chi connectivity index (χ2n) is 6.15. The Labute approximate surface area is 108 Å². The summed E-state index contributed by atoms with van der Waals surface area (Å²) in [7, 11) is 0. The van der Waals surface area contributed by atoms with Crippen LogP contribution in [0.3, 0.4) is 0 Å². The minimum atomic E-state index is -0.581. The van der Waals surface area contributed by atoms with Crippen LogP contribution in [0.15, 0.2) is 0 Å². The first kappa shape index (κ1) is 12.4. The summed E-state index contributed by atoms with van der Waals surface area (Å²) in [6.45, 7) is 2.24. The Balaban J connectivity index is 1.75. The van der Waals surface area contributed by atoms with Gasteiger partial charge in [0.1, 0.15) is 0 Å². The Morgan fingerprint density at radius 2 is 1.83 bits per heavy atom. The fraction of sp³-hybridized carbons (Fsp3) is 0.929. The first-order valence-corrected chi connectivity index (χ1v) is 7.12. The van der Waals surface area contributed by atoms with Gasteiger partial charge in [-0.25, -0.2) is 0 Å². The number of carboxylic acids is 1. The highest BCUT2D eigenvalue weighted by molar-refractivity contribution is 5.76. The molecule has 0 aromatic carbocycles. The number of carbonyl (C=O) groups is 1. The van der Waals surface area contributed by atoms with Crippen molar-refractivity contribution in [2.45, 2.75) is 50.5 Å². The maximum atomic E-state index is 11.6. The van der Waals surface area contributed by atoms with Crippen LogP contribution in [0.25, 0.3) is 0 Å². The van der Waals surface area contributed by atoms with Crippen LogP contribution >= 0.6 is 0 Å². The maximum Gasteiger partial charge on any atom is 0.309 e. The normalized spacial score (nSPS) is 33.9. The Kier molecular flexibility index (Phi) is 3.10. The molecule has 1 atom stereocenters. The van der Waals surface area contributed by atoms with Gasteiger partial charge in [0, 0.05) is 19.8 Å². The van der Waals surface area contributed by atoms with Gasteiger partial charge in [-0.1, -0.05) is 6.42 Å². The molecule has 0 amide bonds. The molecule has 1 aliphatic carbocycles. The number of aliphatic carboxylic acids is 1. The smallest absolute Gasteiger partial charge is 0.309 e. The van der Waals surface area contributed by atoms with Gasteiger partial charge in [-0.2, -0.15) is 0 Å². The predicted octanol–water partition coefficient (Wildman–Crippen LogP) is 2.22. The molecule has 2 aliphatic heterocycles. The molecule has 3 fully saturated rings. The van der Waals surface area contributed by atoms with E-state index in [-0.39, 0.29) is 5.60 Å². The average Bonchev–Trinajstić information content (AvgIpc) is 2.28. The van der Waals surface area contributed by atoms with E-state index in [0.29, 0.717) is 5.92 Å². The summed E-state index contributed by atoms with van der Waals surface area (Å²) in [5.41, 5.74) is -0.520. The number of hydrogen-bond donors (Lipinski definition) is 1. The highest BCUT2D eigenvalue weighted by atomic mass is 16.5. The topological polar surface area (TPSA) is 55.8 Å². The van der Waals surface area contributed by atoms with Gasteiger partial charge in [-0.15, -0.1) is 0 Å². The molecule has 3 rings (SSSR count). The maximum absolute atomic E-state index is 11.6. The number of hydrogen-bond acceptors (Lipinski definition) is 3. The van der Waals surface area contributed by atoms with Crippen molar-refractivity contribution < 1.29 is 19.4 Å². The van der Waals surface area contributed by atoms with Crippen molar-refractivity contribution in [2.75, 3.05) is 19.8 Å². The van der Waals surface area contributed by atoms with E-state index in [1.165, 1.54) is 0 Å². The second kappa shape index (κ2) is 4.49. The van der Waals surface area contributed by atoms with Gasteiger partial charge in [0.25, 0.3) is 0 Å². The average molecular weight is 254 g/mol. The van der Waals surface area contributed by atoms with Crippen molar-refractivity contribution in [3.8, 4) is 0 Å². The Morgan fingerprint density at radius 1 is 1.11 bits per heavy atom. The molecule has 18 heavy (non-hydrogen) atoms. The molecule has 1 spiro atoms. The van der Waals surface area contributed by atoms with Crippen LogP contribution in [0.1, 0.15) is 44.9 Å². The summed E-state index contributed by atoms with van der Waals surface area (Å²) in [6.07, 6.45) is 6.48. The SMILES string of the molecule is O=C(O)C1(C2CCOC3(CCOCC3)C2)CCC1. The largest absolute Gasteiger partial charge is 0.481 e. The Morgan fingerprint density at radius 3 is 2.39 bits per heavy atom. The van der Waals surface area contributed by atoms with Crippen molar-refractivity contribution >= 4 is 5.97 Å². The number of rotatable bonds is 2. The van der Waals surface area contributed by atoms with E-state index in [1.54, 1.807) is 0 Å². The molecule has 0 aromatic rings. The minimum Gasteiger partial charge on any atom is -0.481 e. The molecule has 0 bridgehead atoms. The molecule has 4 nitrogen and oxygen atoms in total. The van der Waals surface area contributed by atoms with Crippen molar-refractivity contribution in [1.82, 2.24) is 0 Å². The molecule has 102 valence electrons. The molecular weight excluding hydrogens is 232 g/mol. The quantitative estimate of drug-likeness (QED) is 0.821. The van der Waals surface area contributed by atoms with E-state index in [1.807, 2.05) is 0 Å². The van der Waals surface area contributed by atoms with Crippen molar-refractivity contribution in [3.63, 3.8) is 0 Å². The predicted molar refractivity (Wildman–Crippen MR) is 65.4 cm³/mol. The molecule has 0 aromatic heterocycles. The summed E-state index contributed by atoms with van der Waals surface area (Å²) in [4.78, 5) is 11.6. The van der Waals surface area contributed by atoms with Crippen molar-refractivity contribution in [2.24, 2.45) is 11.3 Å². The van der Waals surface area contributed by atoms with Crippen molar-refractivity contribution in [1.29, 1.82) is 0 Å². The first-order chi connectivity index (χ1) is 8.67. The van der Waals surface area contributed by atoms with Gasteiger partial charge in [0.15, 0.2) is 0 Å². The fourth-order valence-electron chi connectivity index (χ4n) is 3.95. The van der Waals surface area contributed by atoms with Gasteiger partial charge in [0.05, 0.1) is 11.0 Å². The van der Waals surface area contributed by atoms with Crippen LogP contribution in [0.5, 0.6) is 0 Å². The summed E-state index contributed by atoms with van der Waals surface area (Å²) in [5, 5.41) is 9.56. The molecular formula is C14H22O4. The summed E-state index contributed by atoms with van der Waals surface area (Å²) < 4.78 is 11.4. The summed E-state index contributed by atoms with van der Waals surface area (Å²) in [5.74, 6) is -0.279. The van der Waals surface area contributed by atoms with Crippen LogP contribution in [-0.4, -0.2) is 36.5 Å². The molecule has 2 heterocycles. The lowest BCUT2D eigenvalue weighted by atomic mass is 9.57. The van der Waals surface area contributed by atoms with Crippen LogP contribution in [-0.2, 0) is 14.3 Å². The third-order valence-corrected chi connectivity index (χ3v) is 5.35. The van der Waals surface area contributed by atoms with E-state index >= 15 is 0 Å². The van der Waals surface area contributed by atoms with Gasteiger partial charge in [-0.05, 0) is 44.4 Å². The summed E-state index contributed by atoms with van der Waals surface area (Å²) >= 11 is 0. The van der Waals surface area contributed by atoms with Crippen LogP contribution in [0.4, 0.5) is 0 Å². The zero-order valence-electron chi connectivity index (χ0n) is 10.8. The van der Waals surface area contributed by atoms with Gasteiger partial charge in [0.2, 0.25) is 0 Å². The molecule has 1 saturated carbocycles. The first-order valence-electron chi connectivity index (χ1n) is 7.12. The van der Waals surface area contributed by atoms with E-state index < -0.39 is 11.4 Å². The molecule has 3 aliphatic rings. The fourth-order valence-corrected chi connectivity index (χ4v) is 3.95. The highest BCUT2D eigenvalue weighted by Gasteiger charge is 2.54. The molecule has 2 saturated heterocycles. The van der Waals surface area contributed by atoms with Crippen LogP contribution < -0.4 is 0 Å². The Hall–Kier alpha value is -0.610. The molecule has 1 N–H and O–H groups in total. The van der Waals surface area contributed by atoms with E-state index in [0.717, 1.165) is 64.8 Å². The molecule has 4 heteroatoms. The molecule has 1 unspecified atom stereocenters. The highest BCUT2D eigenvalue weighted by Crippen LogP contribution is 2.54. The molecule has 0 radical (unpaired) electrons. The van der Waals surface area contributed by atoms with E-state index in [2.05, 4.69) is 0 Å². The second-order valence-corrected chi connectivity index (χ2v) is 6.15. The van der Waals surface area contributed by atoms with Crippen molar-refractivity contribution in [3.05, 3.63) is 0 Å². The van der Waals surface area contributed by atoms with Crippen LogP contribution in [0, 0.1) is 11.3 Å². The number of ether oxygens (including phenoxy) is 2. The third kappa shape index (κ3) is 1.86. The van der Waals surface area contributed by atoms with Gasteiger partial charge < -0.3 is 14.6 Å². The zero-order chi connectivity index (χ0) is 12.6. The van der Waals surface area contributed by atoms with Crippen LogP contribution in [0.2, 0.25) is 0 Å². The monoisotopic (exact) mass is 254 g/mol. The Bertz CT molecular complexity index is 323.